The van der Waals surface area contributed by atoms with Crippen molar-refractivity contribution in [1.29, 1.82) is 0 Å². The topological polar surface area (TPSA) is 50.7 Å². The number of benzene rings is 1. The zero-order valence-electron chi connectivity index (χ0n) is 6.98. The predicted molar refractivity (Wildman–Crippen MR) is 50.9 cm³/mol. The van der Waals surface area contributed by atoms with E-state index in [0.29, 0.717) is 4.90 Å². The fourth-order valence-corrected chi connectivity index (χ4v) is 1.94. The third-order valence-corrected chi connectivity index (χ3v) is 2.74. The van der Waals surface area contributed by atoms with E-state index in [9.17, 15) is 4.21 Å². The van der Waals surface area contributed by atoms with Crippen LogP contribution in [0.5, 0.6) is 0 Å². The molecule has 0 saturated heterocycles. The first-order valence-corrected chi connectivity index (χ1v) is 4.82. The Labute approximate surface area is 78.2 Å². The monoisotopic (exact) mass is 196 g/mol. The Balaban J connectivity index is 2.46. The van der Waals surface area contributed by atoms with E-state index in [1.807, 2.05) is 18.2 Å². The fourth-order valence-electron chi connectivity index (χ4n) is 1.07. The van der Waals surface area contributed by atoms with Crippen molar-refractivity contribution in [3.05, 3.63) is 24.3 Å². The molecule has 0 amide bonds. The number of anilines is 1. The van der Waals surface area contributed by atoms with Gasteiger partial charge in [0.25, 0.3) is 0 Å². The molecule has 5 heteroatoms. The number of para-hydroxylation sites is 1. The van der Waals surface area contributed by atoms with Crippen molar-refractivity contribution in [2.24, 2.45) is 4.40 Å². The number of rotatable bonds is 0. The zero-order valence-corrected chi connectivity index (χ0v) is 7.80. The van der Waals surface area contributed by atoms with Crippen LogP contribution in [0.2, 0.25) is 0 Å². The Morgan fingerprint density at radius 3 is 3.00 bits per heavy atom. The molecule has 2 rings (SSSR count). The van der Waals surface area contributed by atoms with Crippen molar-refractivity contribution in [3.8, 4) is 0 Å². The molecule has 1 unspecified atom stereocenters. The summed E-state index contributed by atoms with van der Waals surface area (Å²) in [5.41, 5.74) is 0.785. The van der Waals surface area contributed by atoms with Crippen LogP contribution in [0.1, 0.15) is 0 Å². The quantitative estimate of drug-likeness (QED) is 0.677. The summed E-state index contributed by atoms with van der Waals surface area (Å²) >= 11 is 0. The van der Waals surface area contributed by atoms with Crippen molar-refractivity contribution in [2.75, 3.05) is 12.4 Å². The number of amidine groups is 1. The van der Waals surface area contributed by atoms with E-state index >= 15 is 0 Å². The third-order valence-electron chi connectivity index (χ3n) is 1.68. The Hall–Kier alpha value is -1.36. The van der Waals surface area contributed by atoms with E-state index in [1.165, 1.54) is 7.11 Å². The predicted octanol–water partition coefficient (Wildman–Crippen LogP) is 1.14. The number of methoxy groups -OCH3 is 1. The maximum absolute atomic E-state index is 11.5. The van der Waals surface area contributed by atoms with Gasteiger partial charge in [0.15, 0.2) is 11.0 Å². The molecule has 1 aliphatic heterocycles. The number of hydrogen-bond acceptors (Lipinski definition) is 3. The molecule has 4 nitrogen and oxygen atoms in total. The second kappa shape index (κ2) is 3.18. The molecule has 13 heavy (non-hydrogen) atoms. The van der Waals surface area contributed by atoms with Gasteiger partial charge in [-0.3, -0.25) is 0 Å². The van der Waals surface area contributed by atoms with Crippen molar-refractivity contribution in [3.63, 3.8) is 0 Å². The van der Waals surface area contributed by atoms with E-state index in [4.69, 9.17) is 4.74 Å². The first-order chi connectivity index (χ1) is 6.31. The van der Waals surface area contributed by atoms with Gasteiger partial charge in [0.05, 0.1) is 17.7 Å². The molecular formula is C8H8N2O2S. The number of nitrogens with zero attached hydrogens (tertiary/aromatic N) is 1. The SMILES string of the molecule is COC1=NS(=O)c2ccccc2N1. The lowest BCUT2D eigenvalue weighted by Gasteiger charge is -2.15. The molecule has 1 aromatic carbocycles. The number of fused-ring (bicyclic) bond motifs is 1. The van der Waals surface area contributed by atoms with E-state index in [2.05, 4.69) is 9.71 Å². The molecule has 0 bridgehead atoms. The molecule has 0 radical (unpaired) electrons. The van der Waals surface area contributed by atoms with Crippen molar-refractivity contribution in [1.82, 2.24) is 0 Å². The van der Waals surface area contributed by atoms with Crippen LogP contribution in [0.15, 0.2) is 33.6 Å². The Morgan fingerprint density at radius 2 is 2.23 bits per heavy atom. The lowest BCUT2D eigenvalue weighted by atomic mass is 10.3. The standard InChI is InChI=1S/C8H8N2O2S/c1-12-8-9-6-4-2-3-5-7(6)13(11)10-8/h2-5H,1H3,(H,9,10). The van der Waals surface area contributed by atoms with Crippen LogP contribution in [0, 0.1) is 0 Å². The molecule has 0 aliphatic carbocycles. The summed E-state index contributed by atoms with van der Waals surface area (Å²) in [6.45, 7) is 0. The van der Waals surface area contributed by atoms with Gasteiger partial charge in [-0.1, -0.05) is 12.1 Å². The smallest absolute Gasteiger partial charge is 0.303 e. The Morgan fingerprint density at radius 1 is 1.46 bits per heavy atom. The van der Waals surface area contributed by atoms with E-state index in [-0.39, 0.29) is 6.02 Å². The second-order valence-corrected chi connectivity index (χ2v) is 3.59. The van der Waals surface area contributed by atoms with Gasteiger partial charge in [-0.05, 0) is 12.1 Å². The summed E-state index contributed by atoms with van der Waals surface area (Å²) in [4.78, 5) is 0.684. The van der Waals surface area contributed by atoms with Gasteiger partial charge >= 0.3 is 6.02 Å². The van der Waals surface area contributed by atoms with Crippen LogP contribution in [-0.4, -0.2) is 17.3 Å². The average Bonchev–Trinajstić information content (AvgIpc) is 2.18. The molecule has 1 heterocycles. The summed E-state index contributed by atoms with van der Waals surface area (Å²) in [6.07, 6.45) is 0. The van der Waals surface area contributed by atoms with Crippen LogP contribution < -0.4 is 5.32 Å². The normalized spacial score (nSPS) is 19.8. The highest BCUT2D eigenvalue weighted by Gasteiger charge is 2.16. The summed E-state index contributed by atoms with van der Waals surface area (Å²) in [5.74, 6) is 0. The largest absolute Gasteiger partial charge is 0.468 e. The van der Waals surface area contributed by atoms with Gasteiger partial charge in [-0.2, -0.15) is 0 Å². The molecule has 0 spiro atoms. The lowest BCUT2D eigenvalue weighted by molar-refractivity contribution is 0.402. The number of hydrogen-bond donors (Lipinski definition) is 1. The highest BCUT2D eigenvalue weighted by Crippen LogP contribution is 2.23. The van der Waals surface area contributed by atoms with Crippen molar-refractivity contribution < 1.29 is 8.95 Å². The van der Waals surface area contributed by atoms with Gasteiger partial charge in [0, 0.05) is 0 Å². The Bertz CT molecular complexity index is 389. The summed E-state index contributed by atoms with van der Waals surface area (Å²) in [7, 11) is 0.138. The van der Waals surface area contributed by atoms with E-state index in [0.717, 1.165) is 5.69 Å². The zero-order chi connectivity index (χ0) is 9.26. The average molecular weight is 196 g/mol. The Kier molecular flexibility index (Phi) is 2.02. The highest BCUT2D eigenvalue weighted by atomic mass is 32.2. The number of ether oxygens (including phenoxy) is 1. The van der Waals surface area contributed by atoms with Gasteiger partial charge in [-0.15, -0.1) is 4.40 Å². The molecule has 0 aromatic heterocycles. The first kappa shape index (κ1) is 8.25. The molecule has 0 saturated carbocycles. The summed E-state index contributed by atoms with van der Waals surface area (Å²) < 4.78 is 20.1. The minimum absolute atomic E-state index is 0.289. The minimum Gasteiger partial charge on any atom is -0.468 e. The van der Waals surface area contributed by atoms with Crippen LogP contribution >= 0.6 is 0 Å². The van der Waals surface area contributed by atoms with Gasteiger partial charge < -0.3 is 10.1 Å². The minimum atomic E-state index is -1.34. The van der Waals surface area contributed by atoms with Crippen molar-refractivity contribution >= 4 is 22.7 Å². The maximum atomic E-state index is 11.5. The van der Waals surface area contributed by atoms with E-state index in [1.54, 1.807) is 6.07 Å². The molecule has 1 aliphatic rings. The van der Waals surface area contributed by atoms with Crippen LogP contribution in [0.3, 0.4) is 0 Å². The molecule has 0 fully saturated rings. The van der Waals surface area contributed by atoms with Gasteiger partial charge in [0.1, 0.15) is 0 Å². The fraction of sp³-hybridized carbons (Fsp3) is 0.125. The molecule has 68 valence electrons. The summed E-state index contributed by atoms with van der Waals surface area (Å²) in [5, 5.41) is 2.91. The number of nitrogens with one attached hydrogen (secondary N) is 1. The first-order valence-electron chi connectivity index (χ1n) is 3.72. The van der Waals surface area contributed by atoms with Gasteiger partial charge in [0.2, 0.25) is 0 Å². The summed E-state index contributed by atoms with van der Waals surface area (Å²) in [6, 6.07) is 7.58. The van der Waals surface area contributed by atoms with Crippen molar-refractivity contribution in [2.45, 2.75) is 4.90 Å². The molecular weight excluding hydrogens is 188 g/mol. The van der Waals surface area contributed by atoms with Crippen LogP contribution in [-0.2, 0) is 15.7 Å². The molecule has 1 atom stereocenters. The van der Waals surface area contributed by atoms with Crippen LogP contribution in [0.4, 0.5) is 5.69 Å². The molecule has 1 N–H and O–H groups in total. The van der Waals surface area contributed by atoms with Crippen LogP contribution in [0.25, 0.3) is 0 Å². The van der Waals surface area contributed by atoms with E-state index < -0.39 is 11.0 Å². The molecule has 1 aromatic rings. The maximum Gasteiger partial charge on any atom is 0.303 e. The third kappa shape index (κ3) is 1.42. The second-order valence-electron chi connectivity index (χ2n) is 2.47. The lowest BCUT2D eigenvalue weighted by Crippen LogP contribution is -2.20. The highest BCUT2D eigenvalue weighted by molar-refractivity contribution is 7.84. The van der Waals surface area contributed by atoms with Gasteiger partial charge in [-0.25, -0.2) is 4.21 Å².